The highest BCUT2D eigenvalue weighted by Gasteiger charge is 2.36. The van der Waals surface area contributed by atoms with E-state index in [-0.39, 0.29) is 5.60 Å². The van der Waals surface area contributed by atoms with Gasteiger partial charge in [-0.15, -0.1) is 0 Å². The number of methoxy groups -OCH3 is 1. The summed E-state index contributed by atoms with van der Waals surface area (Å²) in [6, 6.07) is 0. The van der Waals surface area contributed by atoms with Gasteiger partial charge in [0, 0.05) is 13.7 Å². The number of ether oxygens (including phenoxy) is 2. The summed E-state index contributed by atoms with van der Waals surface area (Å²) in [4.78, 5) is 0. The zero-order chi connectivity index (χ0) is 12.7. The summed E-state index contributed by atoms with van der Waals surface area (Å²) >= 11 is 0. The van der Waals surface area contributed by atoms with Crippen LogP contribution in [0.3, 0.4) is 0 Å². The molecule has 0 atom stereocenters. The van der Waals surface area contributed by atoms with Gasteiger partial charge in [-0.3, -0.25) is 0 Å². The Bertz CT molecular complexity index is 198. The van der Waals surface area contributed by atoms with Gasteiger partial charge >= 0.3 is 0 Å². The first-order chi connectivity index (χ1) is 8.13. The van der Waals surface area contributed by atoms with Gasteiger partial charge in [-0.05, 0) is 44.6 Å². The van der Waals surface area contributed by atoms with E-state index in [2.05, 4.69) is 19.2 Å². The number of rotatable bonds is 7. The molecule has 1 saturated carbocycles. The Morgan fingerprint density at radius 1 is 1.24 bits per heavy atom. The molecule has 0 spiro atoms. The summed E-state index contributed by atoms with van der Waals surface area (Å²) < 4.78 is 11.2. The van der Waals surface area contributed by atoms with Crippen molar-refractivity contribution in [2.45, 2.75) is 45.1 Å². The van der Waals surface area contributed by atoms with E-state index in [9.17, 15) is 0 Å². The van der Waals surface area contributed by atoms with E-state index in [4.69, 9.17) is 9.47 Å². The molecule has 0 bridgehead atoms. The van der Waals surface area contributed by atoms with Gasteiger partial charge in [-0.1, -0.05) is 13.8 Å². The van der Waals surface area contributed by atoms with E-state index in [1.54, 1.807) is 7.11 Å². The molecule has 0 aromatic carbocycles. The third-order valence-corrected chi connectivity index (χ3v) is 4.08. The third-order valence-electron chi connectivity index (χ3n) is 4.08. The molecule has 0 amide bonds. The summed E-state index contributed by atoms with van der Waals surface area (Å²) in [7, 11) is 3.74. The zero-order valence-electron chi connectivity index (χ0n) is 11.9. The fourth-order valence-corrected chi connectivity index (χ4v) is 2.87. The molecule has 1 N–H and O–H groups in total. The van der Waals surface area contributed by atoms with Crippen molar-refractivity contribution >= 4 is 0 Å². The first-order valence-corrected chi connectivity index (χ1v) is 6.91. The van der Waals surface area contributed by atoms with Crippen LogP contribution in [-0.4, -0.2) is 39.5 Å². The minimum Gasteiger partial charge on any atom is -0.382 e. The Hall–Kier alpha value is -0.120. The molecule has 3 heteroatoms. The average molecular weight is 243 g/mol. The second kappa shape index (κ2) is 7.34. The van der Waals surface area contributed by atoms with E-state index in [0.29, 0.717) is 13.2 Å². The Balaban J connectivity index is 2.44. The SMILES string of the molecule is CNCC1(OCCOC)CCC(C(C)C)CC1. The standard InChI is InChI=1S/C14H29NO2/c1-12(2)13-5-7-14(8-6-13,11-15-3)17-10-9-16-4/h12-13,15H,5-11H2,1-4H3. The third kappa shape index (κ3) is 4.57. The Kier molecular flexibility index (Phi) is 6.45. The van der Waals surface area contributed by atoms with E-state index in [1.165, 1.54) is 25.7 Å². The first-order valence-electron chi connectivity index (χ1n) is 6.91. The molecule has 0 aromatic heterocycles. The number of hydrogen-bond acceptors (Lipinski definition) is 3. The maximum Gasteiger partial charge on any atom is 0.0807 e. The lowest BCUT2D eigenvalue weighted by Gasteiger charge is -2.41. The number of hydrogen-bond donors (Lipinski definition) is 1. The molecule has 0 saturated heterocycles. The normalized spacial score (nSPS) is 29.8. The average Bonchev–Trinajstić information content (AvgIpc) is 2.30. The highest BCUT2D eigenvalue weighted by atomic mass is 16.5. The van der Waals surface area contributed by atoms with Crippen molar-refractivity contribution in [3.05, 3.63) is 0 Å². The lowest BCUT2D eigenvalue weighted by molar-refractivity contribution is -0.0908. The van der Waals surface area contributed by atoms with Gasteiger partial charge in [-0.25, -0.2) is 0 Å². The molecule has 0 aliphatic heterocycles. The van der Waals surface area contributed by atoms with Crippen LogP contribution in [0.4, 0.5) is 0 Å². The van der Waals surface area contributed by atoms with Crippen molar-refractivity contribution in [3.63, 3.8) is 0 Å². The van der Waals surface area contributed by atoms with Crippen molar-refractivity contribution in [2.24, 2.45) is 11.8 Å². The van der Waals surface area contributed by atoms with Gasteiger partial charge in [-0.2, -0.15) is 0 Å². The van der Waals surface area contributed by atoms with Crippen LogP contribution in [0.1, 0.15) is 39.5 Å². The topological polar surface area (TPSA) is 30.5 Å². The Morgan fingerprint density at radius 3 is 2.35 bits per heavy atom. The maximum atomic E-state index is 6.09. The lowest BCUT2D eigenvalue weighted by atomic mass is 9.74. The van der Waals surface area contributed by atoms with E-state index in [0.717, 1.165) is 18.4 Å². The van der Waals surface area contributed by atoms with Crippen molar-refractivity contribution < 1.29 is 9.47 Å². The van der Waals surface area contributed by atoms with Crippen LogP contribution in [0.15, 0.2) is 0 Å². The fraction of sp³-hybridized carbons (Fsp3) is 1.00. The van der Waals surface area contributed by atoms with Crippen LogP contribution in [0.25, 0.3) is 0 Å². The molecule has 3 nitrogen and oxygen atoms in total. The molecule has 17 heavy (non-hydrogen) atoms. The molecule has 1 fully saturated rings. The van der Waals surface area contributed by atoms with Crippen molar-refractivity contribution in [1.82, 2.24) is 5.32 Å². The Morgan fingerprint density at radius 2 is 1.88 bits per heavy atom. The van der Waals surface area contributed by atoms with Gasteiger partial charge in [0.2, 0.25) is 0 Å². The predicted octanol–water partition coefficient (Wildman–Crippen LogP) is 2.45. The van der Waals surface area contributed by atoms with E-state index in [1.807, 2.05) is 7.05 Å². The van der Waals surface area contributed by atoms with Gasteiger partial charge < -0.3 is 14.8 Å². The largest absolute Gasteiger partial charge is 0.382 e. The first kappa shape index (κ1) is 14.9. The van der Waals surface area contributed by atoms with Gasteiger partial charge in [0.1, 0.15) is 0 Å². The van der Waals surface area contributed by atoms with E-state index >= 15 is 0 Å². The van der Waals surface area contributed by atoms with Gasteiger partial charge in [0.05, 0.1) is 18.8 Å². The van der Waals surface area contributed by atoms with Gasteiger partial charge in [0.25, 0.3) is 0 Å². The van der Waals surface area contributed by atoms with Crippen molar-refractivity contribution in [2.75, 3.05) is 33.9 Å². The summed E-state index contributed by atoms with van der Waals surface area (Å²) in [5.74, 6) is 1.69. The maximum absolute atomic E-state index is 6.09. The molecule has 0 radical (unpaired) electrons. The lowest BCUT2D eigenvalue weighted by Crippen LogP contribution is -2.46. The monoisotopic (exact) mass is 243 g/mol. The van der Waals surface area contributed by atoms with Gasteiger partial charge in [0.15, 0.2) is 0 Å². The smallest absolute Gasteiger partial charge is 0.0807 e. The summed E-state index contributed by atoms with van der Waals surface area (Å²) in [5.41, 5.74) is 0.0542. The van der Waals surface area contributed by atoms with E-state index < -0.39 is 0 Å². The highest BCUT2D eigenvalue weighted by molar-refractivity contribution is 4.89. The van der Waals surface area contributed by atoms with Crippen LogP contribution in [0.2, 0.25) is 0 Å². The molecule has 102 valence electrons. The molecular weight excluding hydrogens is 214 g/mol. The molecule has 0 heterocycles. The van der Waals surface area contributed by atoms with Crippen LogP contribution in [0, 0.1) is 11.8 Å². The number of likely N-dealkylation sites (N-methyl/N-ethyl adjacent to an activating group) is 1. The quantitative estimate of drug-likeness (QED) is 0.697. The second-order valence-electron chi connectivity index (χ2n) is 5.64. The zero-order valence-corrected chi connectivity index (χ0v) is 11.9. The molecule has 1 aliphatic carbocycles. The number of nitrogens with one attached hydrogen (secondary N) is 1. The summed E-state index contributed by atoms with van der Waals surface area (Å²) in [6.07, 6.45) is 4.96. The van der Waals surface area contributed by atoms with Crippen LogP contribution < -0.4 is 5.32 Å². The molecule has 0 aromatic rings. The van der Waals surface area contributed by atoms with Crippen LogP contribution in [-0.2, 0) is 9.47 Å². The van der Waals surface area contributed by atoms with Crippen molar-refractivity contribution in [3.8, 4) is 0 Å². The molecule has 0 unspecified atom stereocenters. The van der Waals surface area contributed by atoms with Crippen LogP contribution in [0.5, 0.6) is 0 Å². The molecular formula is C14H29NO2. The fourth-order valence-electron chi connectivity index (χ4n) is 2.87. The summed E-state index contributed by atoms with van der Waals surface area (Å²) in [6.45, 7) is 7.04. The van der Waals surface area contributed by atoms with Crippen LogP contribution >= 0.6 is 0 Å². The predicted molar refractivity (Wildman–Crippen MR) is 71.3 cm³/mol. The molecule has 1 aliphatic rings. The second-order valence-corrected chi connectivity index (χ2v) is 5.64. The van der Waals surface area contributed by atoms with Crippen molar-refractivity contribution in [1.29, 1.82) is 0 Å². The Labute approximate surface area is 106 Å². The summed E-state index contributed by atoms with van der Waals surface area (Å²) in [5, 5.41) is 3.28. The molecule has 1 rings (SSSR count). The minimum atomic E-state index is 0.0542. The highest BCUT2D eigenvalue weighted by Crippen LogP contribution is 2.37. The minimum absolute atomic E-state index is 0.0542.